The molecule has 0 saturated carbocycles. The summed E-state index contributed by atoms with van der Waals surface area (Å²) in [6.07, 6.45) is 9.69. The van der Waals surface area contributed by atoms with Gasteiger partial charge in [-0.15, -0.1) is 0 Å². The number of aliphatic carboxylic acids is 2. The van der Waals surface area contributed by atoms with E-state index < -0.39 is 17.4 Å². The Kier molecular flexibility index (Phi) is 7.76. The topological polar surface area (TPSA) is 74.6 Å². The normalized spacial score (nSPS) is 12.3. The van der Waals surface area contributed by atoms with Crippen molar-refractivity contribution in [2.24, 2.45) is 5.41 Å². The zero-order valence-electron chi connectivity index (χ0n) is 11.1. The first-order valence-electron chi connectivity index (χ1n) is 6.26. The number of carboxylic acids is 2. The second-order valence-corrected chi connectivity index (χ2v) is 4.22. The van der Waals surface area contributed by atoms with Gasteiger partial charge in [-0.2, -0.15) is 0 Å². The van der Waals surface area contributed by atoms with Crippen LogP contribution in [0.25, 0.3) is 0 Å². The fraction of sp³-hybridized carbons (Fsp3) is 0.571. The summed E-state index contributed by atoms with van der Waals surface area (Å²) < 4.78 is 0. The van der Waals surface area contributed by atoms with Gasteiger partial charge in [0.15, 0.2) is 0 Å². The highest BCUT2D eigenvalue weighted by molar-refractivity contribution is 5.76. The van der Waals surface area contributed by atoms with E-state index in [1.807, 2.05) is 19.9 Å². The van der Waals surface area contributed by atoms with Gasteiger partial charge in [0.05, 0.1) is 11.8 Å². The van der Waals surface area contributed by atoms with Crippen molar-refractivity contribution in [1.29, 1.82) is 0 Å². The lowest BCUT2D eigenvalue weighted by atomic mass is 9.82. The van der Waals surface area contributed by atoms with Crippen LogP contribution in [-0.4, -0.2) is 22.2 Å². The number of carboxylic acid groups (broad SMARTS) is 2. The Balaban J connectivity index is 4.17. The summed E-state index contributed by atoms with van der Waals surface area (Å²) >= 11 is 0. The largest absolute Gasteiger partial charge is 0.481 e. The second kappa shape index (κ2) is 8.50. The number of hydrogen-bond acceptors (Lipinski definition) is 2. The molecule has 0 aliphatic heterocycles. The van der Waals surface area contributed by atoms with Gasteiger partial charge in [-0.05, 0) is 25.7 Å². The van der Waals surface area contributed by atoms with Gasteiger partial charge in [0.2, 0.25) is 0 Å². The summed E-state index contributed by atoms with van der Waals surface area (Å²) in [4.78, 5) is 21.4. The molecule has 0 saturated heterocycles. The summed E-state index contributed by atoms with van der Waals surface area (Å²) in [7, 11) is 0. The Morgan fingerprint density at radius 1 is 1.00 bits per heavy atom. The molecule has 0 unspecified atom stereocenters. The minimum atomic E-state index is -0.844. The molecule has 0 atom stereocenters. The second-order valence-electron chi connectivity index (χ2n) is 4.22. The first-order chi connectivity index (χ1) is 8.48. The molecule has 0 aliphatic rings. The van der Waals surface area contributed by atoms with Crippen molar-refractivity contribution in [2.75, 3.05) is 0 Å². The van der Waals surface area contributed by atoms with Crippen molar-refractivity contribution in [2.45, 2.75) is 46.0 Å². The zero-order chi connectivity index (χ0) is 14.0. The summed E-state index contributed by atoms with van der Waals surface area (Å²) in [6.45, 7) is 3.74. The van der Waals surface area contributed by atoms with Crippen molar-refractivity contribution >= 4 is 11.9 Å². The molecule has 4 nitrogen and oxygen atoms in total. The van der Waals surface area contributed by atoms with E-state index in [4.69, 9.17) is 5.11 Å². The fourth-order valence-corrected chi connectivity index (χ4v) is 1.66. The maximum absolute atomic E-state index is 11.2. The van der Waals surface area contributed by atoms with Gasteiger partial charge in [0.1, 0.15) is 0 Å². The van der Waals surface area contributed by atoms with Gasteiger partial charge >= 0.3 is 11.9 Å². The predicted molar refractivity (Wildman–Crippen MR) is 70.4 cm³/mol. The molecule has 0 bridgehead atoms. The third kappa shape index (κ3) is 5.66. The van der Waals surface area contributed by atoms with E-state index >= 15 is 0 Å². The van der Waals surface area contributed by atoms with Crippen LogP contribution < -0.4 is 0 Å². The summed E-state index contributed by atoms with van der Waals surface area (Å²) in [6, 6.07) is 0. The van der Waals surface area contributed by atoms with Crippen LogP contribution in [0.15, 0.2) is 24.3 Å². The monoisotopic (exact) mass is 254 g/mol. The van der Waals surface area contributed by atoms with Crippen LogP contribution in [0.4, 0.5) is 0 Å². The Morgan fingerprint density at radius 2 is 1.56 bits per heavy atom. The molecule has 0 aromatic heterocycles. The van der Waals surface area contributed by atoms with E-state index in [1.165, 1.54) is 0 Å². The molecule has 0 aromatic rings. The van der Waals surface area contributed by atoms with E-state index in [0.717, 1.165) is 12.8 Å². The van der Waals surface area contributed by atoms with E-state index in [-0.39, 0.29) is 6.42 Å². The number of hydrogen-bond donors (Lipinski definition) is 2. The summed E-state index contributed by atoms with van der Waals surface area (Å²) in [5.74, 6) is -1.63. The number of unbranched alkanes of at least 4 members (excludes halogenated alkanes) is 1. The van der Waals surface area contributed by atoms with E-state index in [1.54, 1.807) is 18.2 Å². The fourth-order valence-electron chi connectivity index (χ4n) is 1.66. The molecule has 0 spiro atoms. The maximum atomic E-state index is 11.2. The van der Waals surface area contributed by atoms with Crippen LogP contribution in [-0.2, 0) is 9.59 Å². The van der Waals surface area contributed by atoms with Crippen molar-refractivity contribution in [3.8, 4) is 0 Å². The van der Waals surface area contributed by atoms with E-state index in [0.29, 0.717) is 12.8 Å². The SMILES string of the molecule is CCC(C=CCCC=CCC(=O)O)(CC)C(=O)O. The molecule has 0 radical (unpaired) electrons. The van der Waals surface area contributed by atoms with Crippen LogP contribution in [0.2, 0.25) is 0 Å². The molecule has 4 heteroatoms. The molecule has 0 amide bonds. The average Bonchev–Trinajstić information content (AvgIpc) is 2.32. The van der Waals surface area contributed by atoms with Gasteiger partial charge in [0, 0.05) is 0 Å². The van der Waals surface area contributed by atoms with E-state index in [9.17, 15) is 14.7 Å². The Bertz CT molecular complexity index is 325. The lowest BCUT2D eigenvalue weighted by molar-refractivity contribution is -0.146. The van der Waals surface area contributed by atoms with E-state index in [2.05, 4.69) is 0 Å². The standard InChI is InChI=1S/C14H22O4/c1-3-14(4-2,13(17)18)11-9-7-5-6-8-10-12(15)16/h6,8-9,11H,3-5,7,10H2,1-2H3,(H,15,16)(H,17,18). The van der Waals surface area contributed by atoms with Gasteiger partial charge in [-0.1, -0.05) is 38.2 Å². The van der Waals surface area contributed by atoms with Crippen molar-refractivity contribution < 1.29 is 19.8 Å². The highest BCUT2D eigenvalue weighted by Crippen LogP contribution is 2.28. The summed E-state index contributed by atoms with van der Waals surface area (Å²) in [5, 5.41) is 17.6. The minimum absolute atomic E-state index is 0.0344. The third-order valence-electron chi connectivity index (χ3n) is 3.08. The first kappa shape index (κ1) is 16.4. The molecule has 0 heterocycles. The Morgan fingerprint density at radius 3 is 2.00 bits per heavy atom. The lowest BCUT2D eigenvalue weighted by Crippen LogP contribution is -2.27. The highest BCUT2D eigenvalue weighted by Gasteiger charge is 2.31. The smallest absolute Gasteiger partial charge is 0.313 e. The van der Waals surface area contributed by atoms with Crippen LogP contribution in [0.1, 0.15) is 46.0 Å². The van der Waals surface area contributed by atoms with Gasteiger partial charge < -0.3 is 10.2 Å². The van der Waals surface area contributed by atoms with Crippen LogP contribution in [0.5, 0.6) is 0 Å². The highest BCUT2D eigenvalue weighted by atomic mass is 16.4. The minimum Gasteiger partial charge on any atom is -0.481 e. The average molecular weight is 254 g/mol. The van der Waals surface area contributed by atoms with Crippen molar-refractivity contribution in [1.82, 2.24) is 0 Å². The lowest BCUT2D eigenvalue weighted by Gasteiger charge is -2.22. The third-order valence-corrected chi connectivity index (χ3v) is 3.08. The molecule has 0 rings (SSSR count). The molecular weight excluding hydrogens is 232 g/mol. The number of rotatable bonds is 9. The molecular formula is C14H22O4. The van der Waals surface area contributed by atoms with Crippen LogP contribution in [0.3, 0.4) is 0 Å². The molecule has 0 aliphatic carbocycles. The van der Waals surface area contributed by atoms with Crippen LogP contribution >= 0.6 is 0 Å². The van der Waals surface area contributed by atoms with Gasteiger partial charge in [-0.3, -0.25) is 9.59 Å². The molecule has 2 N–H and O–H groups in total. The van der Waals surface area contributed by atoms with Crippen molar-refractivity contribution in [3.05, 3.63) is 24.3 Å². The Hall–Kier alpha value is -1.58. The molecule has 0 aromatic carbocycles. The Labute approximate surface area is 108 Å². The zero-order valence-corrected chi connectivity index (χ0v) is 11.1. The van der Waals surface area contributed by atoms with Crippen molar-refractivity contribution in [3.63, 3.8) is 0 Å². The van der Waals surface area contributed by atoms with Crippen LogP contribution in [0, 0.1) is 5.41 Å². The number of allylic oxidation sites excluding steroid dienone is 2. The van der Waals surface area contributed by atoms with Gasteiger partial charge in [0.25, 0.3) is 0 Å². The quantitative estimate of drug-likeness (QED) is 0.489. The number of carbonyl (C=O) groups is 2. The van der Waals surface area contributed by atoms with Gasteiger partial charge in [-0.25, -0.2) is 0 Å². The molecule has 102 valence electrons. The molecule has 18 heavy (non-hydrogen) atoms. The summed E-state index contributed by atoms with van der Waals surface area (Å²) in [5.41, 5.74) is -0.759. The molecule has 0 fully saturated rings. The predicted octanol–water partition coefficient (Wildman–Crippen LogP) is 3.24. The maximum Gasteiger partial charge on any atom is 0.313 e. The first-order valence-corrected chi connectivity index (χ1v) is 6.26.